The number of nitrogens with one attached hydrogen (secondary N) is 1. The molecule has 3 atom stereocenters. The van der Waals surface area contributed by atoms with E-state index in [1.54, 1.807) is 14.0 Å². The molecule has 0 amide bonds. The van der Waals surface area contributed by atoms with Crippen LogP contribution in [0.1, 0.15) is 33.6 Å². The molecule has 5 heteroatoms. The fourth-order valence-electron chi connectivity index (χ4n) is 2.65. The molecule has 0 spiro atoms. The minimum absolute atomic E-state index is 0.268. The smallest absolute Gasteiger partial charge is 0.323 e. The molecule has 1 fully saturated rings. The first kappa shape index (κ1) is 16.4. The monoisotopic (exact) mass is 272 g/mol. The number of carboxylic acid groups (broad SMARTS) is 1. The van der Waals surface area contributed by atoms with E-state index in [0.717, 1.165) is 26.1 Å². The van der Waals surface area contributed by atoms with Gasteiger partial charge in [-0.3, -0.25) is 4.79 Å². The van der Waals surface area contributed by atoms with Crippen LogP contribution in [0.4, 0.5) is 0 Å². The Hall–Kier alpha value is -0.650. The molecule has 0 aromatic heterocycles. The van der Waals surface area contributed by atoms with E-state index in [2.05, 4.69) is 17.1 Å². The Bertz CT molecular complexity index is 298. The largest absolute Gasteiger partial charge is 0.480 e. The van der Waals surface area contributed by atoms with E-state index in [0.29, 0.717) is 18.9 Å². The lowest BCUT2D eigenvalue weighted by atomic mass is 9.93. The van der Waals surface area contributed by atoms with Crippen molar-refractivity contribution in [1.82, 2.24) is 10.2 Å². The molecule has 1 aliphatic heterocycles. The van der Waals surface area contributed by atoms with E-state index in [-0.39, 0.29) is 6.10 Å². The summed E-state index contributed by atoms with van der Waals surface area (Å²) in [5.41, 5.74) is -0.833. The molecule has 1 rings (SSSR count). The summed E-state index contributed by atoms with van der Waals surface area (Å²) in [5, 5.41) is 12.4. The molecule has 1 aliphatic rings. The third kappa shape index (κ3) is 4.44. The molecule has 3 unspecified atom stereocenters. The van der Waals surface area contributed by atoms with Crippen LogP contribution < -0.4 is 5.32 Å². The molecular weight excluding hydrogens is 244 g/mol. The number of ether oxygens (including phenoxy) is 1. The highest BCUT2D eigenvalue weighted by Gasteiger charge is 2.33. The first-order chi connectivity index (χ1) is 8.92. The second-order valence-electron chi connectivity index (χ2n) is 5.76. The summed E-state index contributed by atoms with van der Waals surface area (Å²) in [4.78, 5) is 13.7. The summed E-state index contributed by atoms with van der Waals surface area (Å²) >= 11 is 0. The van der Waals surface area contributed by atoms with Gasteiger partial charge in [0.1, 0.15) is 5.54 Å². The van der Waals surface area contributed by atoms with E-state index in [1.807, 2.05) is 6.92 Å². The number of carbonyl (C=O) groups is 1. The second kappa shape index (κ2) is 7.22. The van der Waals surface area contributed by atoms with Gasteiger partial charge in [-0.15, -0.1) is 0 Å². The van der Waals surface area contributed by atoms with Crippen LogP contribution in [0.25, 0.3) is 0 Å². The molecule has 1 heterocycles. The van der Waals surface area contributed by atoms with Crippen LogP contribution >= 0.6 is 0 Å². The van der Waals surface area contributed by atoms with Crippen molar-refractivity contribution in [2.45, 2.75) is 45.3 Å². The molecule has 0 aromatic rings. The molecule has 0 radical (unpaired) electrons. The van der Waals surface area contributed by atoms with Crippen LogP contribution in [0.15, 0.2) is 0 Å². The SMILES string of the molecule is CCNC(C)(CCN1CCC(C)C(OC)C1)C(=O)O. The van der Waals surface area contributed by atoms with Gasteiger partial charge in [0.2, 0.25) is 0 Å². The van der Waals surface area contributed by atoms with Gasteiger partial charge < -0.3 is 20.1 Å². The summed E-state index contributed by atoms with van der Waals surface area (Å²) in [6.45, 7) is 9.31. The summed E-state index contributed by atoms with van der Waals surface area (Å²) in [6.07, 6.45) is 1.99. The Labute approximate surface area is 116 Å². The van der Waals surface area contributed by atoms with Gasteiger partial charge in [-0.05, 0) is 38.8 Å². The number of methoxy groups -OCH3 is 1. The fourth-order valence-corrected chi connectivity index (χ4v) is 2.65. The minimum atomic E-state index is -0.833. The second-order valence-corrected chi connectivity index (χ2v) is 5.76. The number of hydrogen-bond acceptors (Lipinski definition) is 4. The lowest BCUT2D eigenvalue weighted by molar-refractivity contribution is -0.144. The van der Waals surface area contributed by atoms with Crippen LogP contribution in [0, 0.1) is 5.92 Å². The summed E-state index contributed by atoms with van der Waals surface area (Å²) in [6, 6.07) is 0. The molecular formula is C14H28N2O3. The van der Waals surface area contributed by atoms with E-state index in [9.17, 15) is 9.90 Å². The number of piperidine rings is 1. The molecule has 2 N–H and O–H groups in total. The number of likely N-dealkylation sites (N-methyl/N-ethyl adjacent to an activating group) is 1. The zero-order chi connectivity index (χ0) is 14.5. The highest BCUT2D eigenvalue weighted by Crippen LogP contribution is 2.21. The van der Waals surface area contributed by atoms with Gasteiger partial charge in [-0.2, -0.15) is 0 Å². The third-order valence-electron chi connectivity index (χ3n) is 4.24. The molecule has 112 valence electrons. The van der Waals surface area contributed by atoms with Gasteiger partial charge in [0.05, 0.1) is 6.10 Å². The Kier molecular flexibility index (Phi) is 6.23. The van der Waals surface area contributed by atoms with Crippen LogP contribution in [0.3, 0.4) is 0 Å². The number of aliphatic carboxylic acids is 1. The van der Waals surface area contributed by atoms with E-state index < -0.39 is 11.5 Å². The molecule has 0 bridgehead atoms. The van der Waals surface area contributed by atoms with Gasteiger partial charge in [0.25, 0.3) is 0 Å². The molecule has 0 aromatic carbocycles. The molecule has 5 nitrogen and oxygen atoms in total. The first-order valence-electron chi connectivity index (χ1n) is 7.16. The maximum Gasteiger partial charge on any atom is 0.323 e. The molecule has 0 aliphatic carbocycles. The average Bonchev–Trinajstić information content (AvgIpc) is 2.38. The number of carboxylic acids is 1. The Morgan fingerprint density at radius 3 is 2.79 bits per heavy atom. The standard InChI is InChI=1S/C14H28N2O3/c1-5-15-14(3,13(17)18)7-9-16-8-6-11(2)12(10-16)19-4/h11-12,15H,5-10H2,1-4H3,(H,17,18). The lowest BCUT2D eigenvalue weighted by Gasteiger charge is -2.37. The van der Waals surface area contributed by atoms with Gasteiger partial charge in [-0.25, -0.2) is 0 Å². The van der Waals surface area contributed by atoms with Crippen LogP contribution in [-0.2, 0) is 9.53 Å². The van der Waals surface area contributed by atoms with Crippen molar-refractivity contribution < 1.29 is 14.6 Å². The summed E-state index contributed by atoms with van der Waals surface area (Å²) < 4.78 is 5.49. The van der Waals surface area contributed by atoms with Crippen LogP contribution in [0.2, 0.25) is 0 Å². The van der Waals surface area contributed by atoms with Crippen molar-refractivity contribution in [3.63, 3.8) is 0 Å². The quantitative estimate of drug-likeness (QED) is 0.729. The maximum absolute atomic E-state index is 11.4. The van der Waals surface area contributed by atoms with Crippen molar-refractivity contribution in [2.24, 2.45) is 5.92 Å². The number of likely N-dealkylation sites (tertiary alicyclic amines) is 1. The van der Waals surface area contributed by atoms with Gasteiger partial charge >= 0.3 is 5.97 Å². The third-order valence-corrected chi connectivity index (χ3v) is 4.24. The lowest BCUT2D eigenvalue weighted by Crippen LogP contribution is -2.52. The van der Waals surface area contributed by atoms with Crippen molar-refractivity contribution >= 4 is 5.97 Å². The van der Waals surface area contributed by atoms with Crippen molar-refractivity contribution in [3.05, 3.63) is 0 Å². The van der Waals surface area contributed by atoms with E-state index in [4.69, 9.17) is 4.74 Å². The number of rotatable bonds is 7. The predicted molar refractivity (Wildman–Crippen MR) is 75.4 cm³/mol. The highest BCUT2D eigenvalue weighted by molar-refractivity contribution is 5.78. The van der Waals surface area contributed by atoms with Gasteiger partial charge in [0, 0.05) is 20.2 Å². The average molecular weight is 272 g/mol. The predicted octanol–water partition coefficient (Wildman–Crippen LogP) is 1.19. The van der Waals surface area contributed by atoms with Crippen molar-refractivity contribution in [3.8, 4) is 0 Å². The molecule has 19 heavy (non-hydrogen) atoms. The number of hydrogen-bond donors (Lipinski definition) is 2. The highest BCUT2D eigenvalue weighted by atomic mass is 16.5. The van der Waals surface area contributed by atoms with Crippen LogP contribution in [0.5, 0.6) is 0 Å². The number of nitrogens with zero attached hydrogens (tertiary/aromatic N) is 1. The summed E-state index contributed by atoms with van der Waals surface area (Å²) in [5.74, 6) is -0.191. The summed E-state index contributed by atoms with van der Waals surface area (Å²) in [7, 11) is 1.75. The van der Waals surface area contributed by atoms with Crippen molar-refractivity contribution in [1.29, 1.82) is 0 Å². The fraction of sp³-hybridized carbons (Fsp3) is 0.929. The van der Waals surface area contributed by atoms with E-state index >= 15 is 0 Å². The normalized spacial score (nSPS) is 28.0. The van der Waals surface area contributed by atoms with E-state index in [1.165, 1.54) is 0 Å². The van der Waals surface area contributed by atoms with Crippen molar-refractivity contribution in [2.75, 3.05) is 33.3 Å². The van der Waals surface area contributed by atoms with Crippen LogP contribution in [-0.4, -0.2) is 60.9 Å². The zero-order valence-electron chi connectivity index (χ0n) is 12.6. The molecule has 1 saturated heterocycles. The Morgan fingerprint density at radius 2 is 2.26 bits per heavy atom. The van der Waals surface area contributed by atoms with Gasteiger partial charge in [-0.1, -0.05) is 13.8 Å². The topological polar surface area (TPSA) is 61.8 Å². The first-order valence-corrected chi connectivity index (χ1v) is 7.16. The van der Waals surface area contributed by atoms with Gasteiger partial charge in [0.15, 0.2) is 0 Å². The molecule has 0 saturated carbocycles. The minimum Gasteiger partial charge on any atom is -0.480 e. The Balaban J connectivity index is 2.49. The maximum atomic E-state index is 11.4. The Morgan fingerprint density at radius 1 is 1.58 bits per heavy atom. The zero-order valence-corrected chi connectivity index (χ0v) is 12.6.